The van der Waals surface area contributed by atoms with Gasteiger partial charge in [-0.15, -0.1) is 0 Å². The van der Waals surface area contributed by atoms with Crippen molar-refractivity contribution in [2.24, 2.45) is 0 Å². The van der Waals surface area contributed by atoms with Gasteiger partial charge in [-0.2, -0.15) is 0 Å². The van der Waals surface area contributed by atoms with Gasteiger partial charge in [-0.25, -0.2) is 9.97 Å². The molecule has 0 amide bonds. The van der Waals surface area contributed by atoms with Crippen molar-refractivity contribution in [3.63, 3.8) is 0 Å². The zero-order valence-corrected chi connectivity index (χ0v) is 35.2. The van der Waals surface area contributed by atoms with E-state index in [1.54, 1.807) is 0 Å². The monoisotopic (exact) mass is 814 g/mol. The van der Waals surface area contributed by atoms with Gasteiger partial charge in [0, 0.05) is 21.9 Å². The molecule has 2 heteroatoms. The van der Waals surface area contributed by atoms with Gasteiger partial charge in [-0.05, 0) is 126 Å². The predicted molar refractivity (Wildman–Crippen MR) is 271 cm³/mol. The van der Waals surface area contributed by atoms with Crippen molar-refractivity contribution >= 4 is 48.9 Å². The van der Waals surface area contributed by atoms with E-state index in [2.05, 4.69) is 231 Å². The SMILES string of the molecule is C1=CCCC(c2c(-c3ccccc3)c3ccc(-c4cccc(-c5ccc6c(-c7ccccc7)c7ccccc7c(-c7ccccc7)c6c5)c4)nc3c3nc(-c4ccccc4)ccc23)=C1. The standard InChI is InChI=1S/C62H42N2/c1-6-19-41(20-7-1)55-37-35-52-59(44-25-12-4-13-26-44)60(45-27-14-5-15-28-45)53-36-38-56(64-62(53)61(52)63-55)48-30-18-29-46(39-48)47-33-34-51-54(40-47)58(43-23-10-3-11-24-43)50-32-17-16-31-49(50)57(51)42-21-8-2-9-22-42/h1-12,14-25,27-40H,13,26H2. The fourth-order valence-electron chi connectivity index (χ4n) is 9.98. The van der Waals surface area contributed by atoms with Crippen LogP contribution >= 0.6 is 0 Å². The number of fused-ring (bicyclic) bond motifs is 5. The molecule has 2 heterocycles. The first-order valence-corrected chi connectivity index (χ1v) is 22.2. The molecule has 1 aliphatic rings. The molecule has 12 rings (SSSR count). The Labute approximate surface area is 373 Å². The molecule has 0 aliphatic heterocycles. The molecule has 0 radical (unpaired) electrons. The molecule has 2 aromatic heterocycles. The van der Waals surface area contributed by atoms with Gasteiger partial charge in [0.25, 0.3) is 0 Å². The highest BCUT2D eigenvalue weighted by Crippen LogP contribution is 2.47. The second kappa shape index (κ2) is 15.9. The number of pyridine rings is 2. The molecule has 0 spiro atoms. The molecular formula is C62H42N2. The lowest BCUT2D eigenvalue weighted by Crippen LogP contribution is -2.00. The summed E-state index contributed by atoms with van der Waals surface area (Å²) in [6, 6.07) is 76.6. The maximum absolute atomic E-state index is 5.60. The second-order valence-corrected chi connectivity index (χ2v) is 16.7. The maximum Gasteiger partial charge on any atom is 0.0979 e. The minimum absolute atomic E-state index is 0.906. The number of allylic oxidation sites excluding steroid dienone is 4. The van der Waals surface area contributed by atoms with Crippen molar-refractivity contribution in [2.75, 3.05) is 0 Å². The summed E-state index contributed by atoms with van der Waals surface area (Å²) in [6.07, 6.45) is 8.73. The normalized spacial score (nSPS) is 12.6. The Hall–Kier alpha value is -8.20. The predicted octanol–water partition coefficient (Wildman–Crippen LogP) is 16.8. The third kappa shape index (κ3) is 6.51. The molecule has 1 aliphatic carbocycles. The molecule has 0 fully saturated rings. The first-order valence-electron chi connectivity index (χ1n) is 22.2. The topological polar surface area (TPSA) is 25.8 Å². The lowest BCUT2D eigenvalue weighted by molar-refractivity contribution is 1.06. The van der Waals surface area contributed by atoms with E-state index >= 15 is 0 Å². The molecule has 0 saturated carbocycles. The van der Waals surface area contributed by atoms with Gasteiger partial charge in [0.15, 0.2) is 0 Å². The van der Waals surface area contributed by atoms with Crippen molar-refractivity contribution in [3.8, 4) is 67.0 Å². The average Bonchev–Trinajstić information content (AvgIpc) is 3.38. The zero-order chi connectivity index (χ0) is 42.4. The number of aromatic nitrogens is 2. The summed E-state index contributed by atoms with van der Waals surface area (Å²) < 4.78 is 0. The van der Waals surface area contributed by atoms with Crippen molar-refractivity contribution < 1.29 is 0 Å². The highest BCUT2D eigenvalue weighted by molar-refractivity contribution is 6.22. The van der Waals surface area contributed by atoms with Crippen LogP contribution in [0.4, 0.5) is 0 Å². The first kappa shape index (κ1) is 37.6. The van der Waals surface area contributed by atoms with E-state index < -0.39 is 0 Å². The van der Waals surface area contributed by atoms with Crippen LogP contribution in [-0.2, 0) is 0 Å². The highest BCUT2D eigenvalue weighted by Gasteiger charge is 2.23. The number of rotatable bonds is 7. The fourth-order valence-corrected chi connectivity index (χ4v) is 9.98. The third-order valence-corrected chi connectivity index (χ3v) is 12.9. The molecule has 0 bridgehead atoms. The Kier molecular flexibility index (Phi) is 9.34. The van der Waals surface area contributed by atoms with Gasteiger partial charge in [-0.1, -0.05) is 194 Å². The molecule has 0 unspecified atom stereocenters. The molecule has 64 heavy (non-hydrogen) atoms. The highest BCUT2D eigenvalue weighted by atomic mass is 14.8. The number of benzene rings is 9. The second-order valence-electron chi connectivity index (χ2n) is 16.7. The van der Waals surface area contributed by atoms with Gasteiger partial charge < -0.3 is 0 Å². The van der Waals surface area contributed by atoms with Crippen LogP contribution < -0.4 is 0 Å². The van der Waals surface area contributed by atoms with Crippen molar-refractivity contribution in [1.82, 2.24) is 9.97 Å². The fraction of sp³-hybridized carbons (Fsp3) is 0.0323. The summed E-state index contributed by atoms with van der Waals surface area (Å²) in [5.74, 6) is 0. The molecule has 9 aromatic carbocycles. The Morgan fingerprint density at radius 2 is 0.750 bits per heavy atom. The van der Waals surface area contributed by atoms with E-state index in [4.69, 9.17) is 9.97 Å². The summed E-state index contributed by atoms with van der Waals surface area (Å²) in [5.41, 5.74) is 18.0. The minimum atomic E-state index is 0.906. The van der Waals surface area contributed by atoms with E-state index in [1.165, 1.54) is 66.1 Å². The number of hydrogen-bond donors (Lipinski definition) is 0. The Morgan fingerprint density at radius 1 is 0.297 bits per heavy atom. The maximum atomic E-state index is 5.60. The lowest BCUT2D eigenvalue weighted by Gasteiger charge is -2.21. The summed E-state index contributed by atoms with van der Waals surface area (Å²) in [4.78, 5) is 11.1. The molecule has 2 nitrogen and oxygen atoms in total. The van der Waals surface area contributed by atoms with Crippen molar-refractivity contribution in [2.45, 2.75) is 12.8 Å². The van der Waals surface area contributed by atoms with Gasteiger partial charge in [0.05, 0.1) is 22.4 Å². The Morgan fingerprint density at radius 3 is 1.34 bits per heavy atom. The van der Waals surface area contributed by atoms with Crippen LogP contribution in [0.1, 0.15) is 18.4 Å². The van der Waals surface area contributed by atoms with Crippen LogP contribution in [0, 0.1) is 0 Å². The van der Waals surface area contributed by atoms with E-state index in [1.807, 2.05) is 0 Å². The quantitative estimate of drug-likeness (QED) is 0.118. The zero-order valence-electron chi connectivity index (χ0n) is 35.2. The summed E-state index contributed by atoms with van der Waals surface area (Å²) in [5, 5.41) is 7.20. The molecular weight excluding hydrogens is 773 g/mol. The van der Waals surface area contributed by atoms with Crippen molar-refractivity contribution in [3.05, 3.63) is 236 Å². The van der Waals surface area contributed by atoms with Crippen LogP contribution in [0.2, 0.25) is 0 Å². The van der Waals surface area contributed by atoms with E-state index in [0.29, 0.717) is 0 Å². The summed E-state index contributed by atoms with van der Waals surface area (Å²) >= 11 is 0. The molecule has 11 aromatic rings. The summed E-state index contributed by atoms with van der Waals surface area (Å²) in [6.45, 7) is 0. The van der Waals surface area contributed by atoms with Gasteiger partial charge in [0.1, 0.15) is 0 Å². The minimum Gasteiger partial charge on any atom is -0.245 e. The largest absolute Gasteiger partial charge is 0.245 e. The average molecular weight is 815 g/mol. The van der Waals surface area contributed by atoms with Crippen LogP contribution in [0.5, 0.6) is 0 Å². The van der Waals surface area contributed by atoms with Crippen LogP contribution in [0.25, 0.3) is 116 Å². The van der Waals surface area contributed by atoms with Gasteiger partial charge in [0.2, 0.25) is 0 Å². The van der Waals surface area contributed by atoms with Crippen LogP contribution in [-0.4, -0.2) is 9.97 Å². The van der Waals surface area contributed by atoms with E-state index in [9.17, 15) is 0 Å². The smallest absolute Gasteiger partial charge is 0.0979 e. The number of hydrogen-bond acceptors (Lipinski definition) is 2. The van der Waals surface area contributed by atoms with Gasteiger partial charge >= 0.3 is 0 Å². The van der Waals surface area contributed by atoms with Crippen molar-refractivity contribution in [1.29, 1.82) is 0 Å². The van der Waals surface area contributed by atoms with Crippen LogP contribution in [0.15, 0.2) is 231 Å². The Bertz CT molecular complexity index is 3630. The third-order valence-electron chi connectivity index (χ3n) is 12.9. The molecule has 0 saturated heterocycles. The molecule has 300 valence electrons. The molecule has 0 atom stereocenters. The first-order chi connectivity index (χ1) is 31.8. The lowest BCUT2D eigenvalue weighted by atomic mass is 9.84. The summed E-state index contributed by atoms with van der Waals surface area (Å²) in [7, 11) is 0. The van der Waals surface area contributed by atoms with E-state index in [0.717, 1.165) is 68.3 Å². The molecule has 0 N–H and O–H groups in total. The Balaban J connectivity index is 1.07. The van der Waals surface area contributed by atoms with Crippen LogP contribution in [0.3, 0.4) is 0 Å². The number of nitrogens with zero attached hydrogens (tertiary/aromatic N) is 2. The van der Waals surface area contributed by atoms with Gasteiger partial charge in [-0.3, -0.25) is 0 Å². The van der Waals surface area contributed by atoms with E-state index in [-0.39, 0.29) is 0 Å².